The molecule has 0 fully saturated rings. The van der Waals surface area contributed by atoms with Crippen LogP contribution in [0.3, 0.4) is 0 Å². The fourth-order valence-corrected chi connectivity index (χ4v) is 2.14. The first-order valence-corrected chi connectivity index (χ1v) is 7.23. The third-order valence-electron chi connectivity index (χ3n) is 2.66. The average Bonchev–Trinajstić information content (AvgIpc) is 2.26. The van der Waals surface area contributed by atoms with Crippen molar-refractivity contribution in [1.82, 2.24) is 0 Å². The second-order valence-electron chi connectivity index (χ2n) is 5.25. The van der Waals surface area contributed by atoms with Gasteiger partial charge in [0.1, 0.15) is 0 Å². The Morgan fingerprint density at radius 3 is 2.11 bits per heavy atom. The fourth-order valence-electron chi connectivity index (χ4n) is 1.36. The highest BCUT2D eigenvalue weighted by molar-refractivity contribution is 7.93. The maximum atomic E-state index is 11.7. The molecule has 0 amide bonds. The Morgan fingerprint density at radius 2 is 1.72 bits per heavy atom. The highest BCUT2D eigenvalue weighted by Crippen LogP contribution is 2.24. The zero-order chi connectivity index (χ0) is 14.0. The van der Waals surface area contributed by atoms with E-state index in [0.29, 0.717) is 5.69 Å². The molecule has 1 rings (SSSR count). The number of anilines is 1. The van der Waals surface area contributed by atoms with E-state index in [9.17, 15) is 8.42 Å². The Balaban J connectivity index is 2.93. The van der Waals surface area contributed by atoms with Crippen molar-refractivity contribution >= 4 is 15.7 Å². The molecule has 0 radical (unpaired) electrons. The molecule has 0 aromatic heterocycles. The van der Waals surface area contributed by atoms with Crippen LogP contribution in [0.25, 0.3) is 0 Å². The molecule has 4 nitrogen and oxygen atoms in total. The highest BCUT2D eigenvalue weighted by Gasteiger charge is 2.20. The van der Waals surface area contributed by atoms with Gasteiger partial charge in [-0.3, -0.25) is 4.72 Å². The van der Waals surface area contributed by atoms with Crippen molar-refractivity contribution in [2.24, 2.45) is 0 Å². The van der Waals surface area contributed by atoms with Crippen molar-refractivity contribution in [1.29, 1.82) is 5.26 Å². The molecule has 1 aromatic rings. The van der Waals surface area contributed by atoms with E-state index in [2.05, 4.69) is 25.5 Å². The molecular formula is C13H18N2O2S. The molecule has 0 bridgehead atoms. The summed E-state index contributed by atoms with van der Waals surface area (Å²) in [6.07, 6.45) is 0. The first-order chi connectivity index (χ1) is 8.16. The lowest BCUT2D eigenvalue weighted by Gasteiger charge is -2.19. The van der Waals surface area contributed by atoms with Gasteiger partial charge in [-0.2, -0.15) is 5.26 Å². The minimum atomic E-state index is -3.62. The van der Waals surface area contributed by atoms with Gasteiger partial charge >= 0.3 is 0 Å². The van der Waals surface area contributed by atoms with E-state index in [-0.39, 0.29) is 5.41 Å². The normalized spacial score (nSPS) is 13.7. The minimum Gasteiger partial charge on any atom is -0.282 e. The summed E-state index contributed by atoms with van der Waals surface area (Å²) in [5, 5.41) is 7.56. The van der Waals surface area contributed by atoms with Gasteiger partial charge in [0.15, 0.2) is 5.25 Å². The first-order valence-electron chi connectivity index (χ1n) is 5.68. The van der Waals surface area contributed by atoms with E-state index in [1.807, 2.05) is 12.1 Å². The minimum absolute atomic E-state index is 0.0251. The maximum absolute atomic E-state index is 11.7. The predicted molar refractivity (Wildman–Crippen MR) is 72.8 cm³/mol. The van der Waals surface area contributed by atoms with Crippen molar-refractivity contribution in [3.8, 4) is 6.07 Å². The number of hydrogen-bond acceptors (Lipinski definition) is 3. The summed E-state index contributed by atoms with van der Waals surface area (Å²) in [5.74, 6) is 0. The van der Waals surface area contributed by atoms with Crippen molar-refractivity contribution in [3.63, 3.8) is 0 Å². The second-order valence-corrected chi connectivity index (χ2v) is 7.25. The molecule has 0 saturated carbocycles. The summed E-state index contributed by atoms with van der Waals surface area (Å²) in [5.41, 5.74) is 1.63. The summed E-state index contributed by atoms with van der Waals surface area (Å²) in [4.78, 5) is 0. The molecule has 1 N–H and O–H groups in total. The lowest BCUT2D eigenvalue weighted by Crippen LogP contribution is -2.23. The predicted octanol–water partition coefficient (Wildman–Crippen LogP) is 2.64. The Morgan fingerprint density at radius 1 is 1.22 bits per heavy atom. The molecule has 0 spiro atoms. The molecular weight excluding hydrogens is 248 g/mol. The Hall–Kier alpha value is -1.54. The number of nitriles is 1. The van der Waals surface area contributed by atoms with Gasteiger partial charge in [-0.1, -0.05) is 32.9 Å². The van der Waals surface area contributed by atoms with Crippen LogP contribution in [0.15, 0.2) is 24.3 Å². The van der Waals surface area contributed by atoms with E-state index >= 15 is 0 Å². The first kappa shape index (κ1) is 14.5. The van der Waals surface area contributed by atoms with Crippen molar-refractivity contribution < 1.29 is 8.42 Å². The zero-order valence-corrected chi connectivity index (χ0v) is 11.9. The van der Waals surface area contributed by atoms with Crippen LogP contribution in [-0.4, -0.2) is 13.7 Å². The van der Waals surface area contributed by atoms with Gasteiger partial charge in [-0.25, -0.2) is 8.42 Å². The van der Waals surface area contributed by atoms with Crippen LogP contribution in [0.1, 0.15) is 33.3 Å². The summed E-state index contributed by atoms with van der Waals surface area (Å²) in [6.45, 7) is 7.61. The number of sulfonamides is 1. The lowest BCUT2D eigenvalue weighted by molar-refractivity contribution is 0.590. The van der Waals surface area contributed by atoms with Gasteiger partial charge in [0.2, 0.25) is 10.0 Å². The molecule has 98 valence electrons. The van der Waals surface area contributed by atoms with Crippen LogP contribution in [0, 0.1) is 11.3 Å². The molecule has 0 aliphatic heterocycles. The van der Waals surface area contributed by atoms with Gasteiger partial charge in [-0.05, 0) is 30.0 Å². The molecule has 5 heteroatoms. The number of hydrogen-bond donors (Lipinski definition) is 1. The van der Waals surface area contributed by atoms with Crippen LogP contribution < -0.4 is 4.72 Å². The van der Waals surface area contributed by atoms with Crippen molar-refractivity contribution in [2.45, 2.75) is 38.4 Å². The SMILES string of the molecule is CC(C#N)S(=O)(=O)Nc1ccc(C(C)(C)C)cc1. The number of nitrogens with zero attached hydrogens (tertiary/aromatic N) is 1. The van der Waals surface area contributed by atoms with E-state index < -0.39 is 15.3 Å². The van der Waals surface area contributed by atoms with E-state index in [1.54, 1.807) is 18.2 Å². The third kappa shape index (κ3) is 3.47. The van der Waals surface area contributed by atoms with E-state index in [4.69, 9.17) is 5.26 Å². The summed E-state index contributed by atoms with van der Waals surface area (Å²) < 4.78 is 25.8. The number of rotatable bonds is 3. The molecule has 0 saturated heterocycles. The number of benzene rings is 1. The molecule has 0 heterocycles. The lowest BCUT2D eigenvalue weighted by atomic mass is 9.87. The average molecular weight is 266 g/mol. The largest absolute Gasteiger partial charge is 0.282 e. The highest BCUT2D eigenvalue weighted by atomic mass is 32.2. The van der Waals surface area contributed by atoms with Gasteiger partial charge in [0.25, 0.3) is 0 Å². The van der Waals surface area contributed by atoms with Crippen LogP contribution in [0.4, 0.5) is 5.69 Å². The van der Waals surface area contributed by atoms with Crippen LogP contribution >= 0.6 is 0 Å². The summed E-state index contributed by atoms with van der Waals surface area (Å²) >= 11 is 0. The second kappa shape index (κ2) is 4.99. The third-order valence-corrected chi connectivity index (χ3v) is 4.21. The van der Waals surface area contributed by atoms with Crippen LogP contribution in [-0.2, 0) is 15.4 Å². The van der Waals surface area contributed by atoms with Crippen LogP contribution in [0.5, 0.6) is 0 Å². The van der Waals surface area contributed by atoms with E-state index in [0.717, 1.165) is 5.56 Å². The molecule has 1 atom stereocenters. The molecule has 0 aliphatic carbocycles. The maximum Gasteiger partial charge on any atom is 0.248 e. The Kier molecular flexibility index (Phi) is 4.02. The summed E-state index contributed by atoms with van der Waals surface area (Å²) in [7, 11) is -3.62. The molecule has 18 heavy (non-hydrogen) atoms. The van der Waals surface area contributed by atoms with Gasteiger partial charge in [-0.15, -0.1) is 0 Å². The quantitative estimate of drug-likeness (QED) is 0.914. The van der Waals surface area contributed by atoms with Crippen molar-refractivity contribution in [2.75, 3.05) is 4.72 Å². The van der Waals surface area contributed by atoms with Crippen LogP contribution in [0.2, 0.25) is 0 Å². The van der Waals surface area contributed by atoms with E-state index in [1.165, 1.54) is 6.92 Å². The Bertz CT molecular complexity index is 548. The van der Waals surface area contributed by atoms with Crippen molar-refractivity contribution in [3.05, 3.63) is 29.8 Å². The molecule has 1 aromatic carbocycles. The zero-order valence-electron chi connectivity index (χ0n) is 11.1. The standard InChI is InChI=1S/C13H18N2O2S/c1-10(9-14)18(16,17)15-12-7-5-11(6-8-12)13(2,3)4/h5-8,10,15H,1-4H3. The Labute approximate surface area is 109 Å². The monoisotopic (exact) mass is 266 g/mol. The molecule has 1 unspecified atom stereocenters. The summed E-state index contributed by atoms with van der Waals surface area (Å²) in [6, 6.07) is 8.90. The smallest absolute Gasteiger partial charge is 0.248 e. The van der Waals surface area contributed by atoms with Gasteiger partial charge in [0.05, 0.1) is 6.07 Å². The van der Waals surface area contributed by atoms with Gasteiger partial charge < -0.3 is 0 Å². The topological polar surface area (TPSA) is 70.0 Å². The molecule has 0 aliphatic rings. The van der Waals surface area contributed by atoms with Gasteiger partial charge in [0, 0.05) is 5.69 Å². The number of nitrogens with one attached hydrogen (secondary N) is 1. The fraction of sp³-hybridized carbons (Fsp3) is 0.462.